The summed E-state index contributed by atoms with van der Waals surface area (Å²) in [6.45, 7) is 3.87. The molecule has 0 radical (unpaired) electrons. The number of anilines is 2. The van der Waals surface area contributed by atoms with Crippen LogP contribution in [0.4, 0.5) is 11.5 Å². The van der Waals surface area contributed by atoms with Crippen molar-refractivity contribution in [2.45, 2.75) is 0 Å². The molecule has 1 aliphatic heterocycles. The quantitative estimate of drug-likeness (QED) is 0.429. The number of rotatable bonds is 4. The molecule has 1 saturated heterocycles. The summed E-state index contributed by atoms with van der Waals surface area (Å²) in [5.74, 6) is 1.77. The zero-order valence-electron chi connectivity index (χ0n) is 16.8. The van der Waals surface area contributed by atoms with Gasteiger partial charge in [-0.25, -0.2) is 9.97 Å². The summed E-state index contributed by atoms with van der Waals surface area (Å²) in [5.41, 5.74) is 4.04. The highest BCUT2D eigenvalue weighted by molar-refractivity contribution is 6.42. The average molecular weight is 450 g/mol. The highest BCUT2D eigenvalue weighted by atomic mass is 35.5. The van der Waals surface area contributed by atoms with Gasteiger partial charge in [-0.3, -0.25) is 0 Å². The molecule has 0 bridgehead atoms. The van der Waals surface area contributed by atoms with E-state index in [1.54, 1.807) is 12.3 Å². The van der Waals surface area contributed by atoms with Crippen LogP contribution in [0.3, 0.4) is 0 Å². The monoisotopic (exact) mass is 449 g/mol. The van der Waals surface area contributed by atoms with Gasteiger partial charge in [-0.2, -0.15) is 0 Å². The molecule has 3 heterocycles. The molecule has 0 aliphatic carbocycles. The van der Waals surface area contributed by atoms with Gasteiger partial charge in [0, 0.05) is 49.2 Å². The first-order valence-corrected chi connectivity index (χ1v) is 10.9. The Bertz CT molecular complexity index is 1170. The van der Waals surface area contributed by atoms with E-state index in [4.69, 9.17) is 28.2 Å². The molecule has 1 aliphatic rings. The van der Waals surface area contributed by atoms with E-state index in [1.165, 1.54) is 5.69 Å². The predicted octanol–water partition coefficient (Wildman–Crippen LogP) is 5.77. The lowest BCUT2D eigenvalue weighted by Crippen LogP contribution is -2.46. The van der Waals surface area contributed by atoms with Gasteiger partial charge in [0.05, 0.1) is 21.9 Å². The molecule has 1 N–H and O–H groups in total. The molecule has 2 aromatic heterocycles. The second-order valence-corrected chi connectivity index (χ2v) is 8.30. The number of imidazole rings is 1. The summed E-state index contributed by atoms with van der Waals surface area (Å²) < 4.78 is 0. The first-order chi connectivity index (χ1) is 15.2. The van der Waals surface area contributed by atoms with Crippen molar-refractivity contribution in [3.05, 3.63) is 83.1 Å². The SMILES string of the molecule is Clc1ccc(-c2cnc(-c3ccc(N4CCN(c5ccccc5)CC4)nc3)[nH]2)cc1Cl. The zero-order chi connectivity index (χ0) is 21.2. The average Bonchev–Trinajstić information content (AvgIpc) is 3.32. The first kappa shape index (κ1) is 19.9. The van der Waals surface area contributed by atoms with Crippen LogP contribution in [0.2, 0.25) is 10.0 Å². The molecule has 0 atom stereocenters. The fourth-order valence-corrected chi connectivity index (χ4v) is 4.12. The van der Waals surface area contributed by atoms with Crippen molar-refractivity contribution in [1.82, 2.24) is 15.0 Å². The molecule has 1 fully saturated rings. The number of nitrogens with zero attached hydrogens (tertiary/aromatic N) is 4. The van der Waals surface area contributed by atoms with E-state index in [0.717, 1.165) is 54.6 Å². The van der Waals surface area contributed by atoms with E-state index in [2.05, 4.69) is 62.2 Å². The maximum absolute atomic E-state index is 6.14. The zero-order valence-corrected chi connectivity index (χ0v) is 18.3. The van der Waals surface area contributed by atoms with Gasteiger partial charge in [0.2, 0.25) is 0 Å². The summed E-state index contributed by atoms with van der Waals surface area (Å²) in [7, 11) is 0. The Morgan fingerprint density at radius 1 is 0.710 bits per heavy atom. The molecule has 156 valence electrons. The van der Waals surface area contributed by atoms with Crippen LogP contribution in [-0.4, -0.2) is 41.1 Å². The molecule has 0 amide bonds. The van der Waals surface area contributed by atoms with Crippen LogP contribution in [0, 0.1) is 0 Å². The van der Waals surface area contributed by atoms with Gasteiger partial charge in [-0.15, -0.1) is 0 Å². The number of piperazine rings is 1. The molecule has 0 unspecified atom stereocenters. The molecular weight excluding hydrogens is 429 g/mol. The fourth-order valence-electron chi connectivity index (χ4n) is 3.82. The summed E-state index contributed by atoms with van der Waals surface area (Å²) in [6, 6.07) is 20.2. The van der Waals surface area contributed by atoms with Gasteiger partial charge in [0.1, 0.15) is 11.6 Å². The maximum atomic E-state index is 6.14. The molecule has 2 aromatic carbocycles. The number of aromatic nitrogens is 3. The standard InChI is InChI=1S/C24H21Cl2N5/c25-20-8-6-17(14-21(20)26)22-16-28-24(29-22)18-7-9-23(27-15-18)31-12-10-30(11-13-31)19-4-2-1-3-5-19/h1-9,14-16H,10-13H2,(H,28,29). The van der Waals surface area contributed by atoms with Crippen molar-refractivity contribution < 1.29 is 0 Å². The number of hydrogen-bond donors (Lipinski definition) is 1. The number of H-pyrrole nitrogens is 1. The minimum absolute atomic E-state index is 0.522. The maximum Gasteiger partial charge on any atom is 0.139 e. The highest BCUT2D eigenvalue weighted by Gasteiger charge is 2.18. The number of hydrogen-bond acceptors (Lipinski definition) is 4. The minimum atomic E-state index is 0.522. The summed E-state index contributed by atoms with van der Waals surface area (Å²) >= 11 is 12.2. The van der Waals surface area contributed by atoms with Crippen LogP contribution >= 0.6 is 23.2 Å². The second kappa shape index (κ2) is 8.61. The van der Waals surface area contributed by atoms with Crippen LogP contribution in [0.25, 0.3) is 22.6 Å². The minimum Gasteiger partial charge on any atom is -0.368 e. The number of para-hydroxylation sites is 1. The molecule has 4 aromatic rings. The Morgan fingerprint density at radius 3 is 2.16 bits per heavy atom. The highest BCUT2D eigenvalue weighted by Crippen LogP contribution is 2.29. The van der Waals surface area contributed by atoms with E-state index < -0.39 is 0 Å². The Hall–Kier alpha value is -3.02. The van der Waals surface area contributed by atoms with Crippen molar-refractivity contribution >= 4 is 34.7 Å². The molecule has 7 heteroatoms. The van der Waals surface area contributed by atoms with Gasteiger partial charge in [-0.05, 0) is 36.4 Å². The van der Waals surface area contributed by atoms with Crippen molar-refractivity contribution in [2.75, 3.05) is 36.0 Å². The third-order valence-corrected chi connectivity index (χ3v) is 6.29. The Kier molecular flexibility index (Phi) is 5.53. The van der Waals surface area contributed by atoms with Gasteiger partial charge in [-0.1, -0.05) is 47.5 Å². The van der Waals surface area contributed by atoms with Crippen molar-refractivity contribution in [1.29, 1.82) is 0 Å². The topological polar surface area (TPSA) is 48.1 Å². The number of halogens is 2. The van der Waals surface area contributed by atoms with E-state index in [-0.39, 0.29) is 0 Å². The number of benzene rings is 2. The van der Waals surface area contributed by atoms with E-state index in [9.17, 15) is 0 Å². The number of pyridine rings is 1. The van der Waals surface area contributed by atoms with Crippen LogP contribution in [-0.2, 0) is 0 Å². The predicted molar refractivity (Wildman–Crippen MR) is 128 cm³/mol. The van der Waals surface area contributed by atoms with Crippen LogP contribution in [0.15, 0.2) is 73.1 Å². The molecular formula is C24H21Cl2N5. The number of nitrogens with one attached hydrogen (secondary N) is 1. The Labute approximate surface area is 191 Å². The summed E-state index contributed by atoms with van der Waals surface area (Å²) in [4.78, 5) is 17.3. The summed E-state index contributed by atoms with van der Waals surface area (Å²) in [5, 5.41) is 1.06. The van der Waals surface area contributed by atoms with Crippen LogP contribution in [0.5, 0.6) is 0 Å². The largest absolute Gasteiger partial charge is 0.368 e. The lowest BCUT2D eigenvalue weighted by molar-refractivity contribution is 0.647. The summed E-state index contributed by atoms with van der Waals surface area (Å²) in [6.07, 6.45) is 3.67. The lowest BCUT2D eigenvalue weighted by atomic mass is 10.2. The van der Waals surface area contributed by atoms with Gasteiger partial charge < -0.3 is 14.8 Å². The second-order valence-electron chi connectivity index (χ2n) is 7.49. The smallest absolute Gasteiger partial charge is 0.139 e. The van der Waals surface area contributed by atoms with Crippen molar-refractivity contribution in [3.63, 3.8) is 0 Å². The van der Waals surface area contributed by atoms with Gasteiger partial charge in [0.25, 0.3) is 0 Å². The molecule has 0 saturated carbocycles. The van der Waals surface area contributed by atoms with Gasteiger partial charge >= 0.3 is 0 Å². The van der Waals surface area contributed by atoms with Crippen molar-refractivity contribution in [3.8, 4) is 22.6 Å². The molecule has 31 heavy (non-hydrogen) atoms. The Morgan fingerprint density at radius 2 is 1.45 bits per heavy atom. The molecule has 0 spiro atoms. The molecule has 5 rings (SSSR count). The van der Waals surface area contributed by atoms with E-state index >= 15 is 0 Å². The lowest BCUT2D eigenvalue weighted by Gasteiger charge is -2.36. The normalized spacial score (nSPS) is 14.1. The van der Waals surface area contributed by atoms with Gasteiger partial charge in [0.15, 0.2) is 0 Å². The fraction of sp³-hybridized carbons (Fsp3) is 0.167. The third-order valence-electron chi connectivity index (χ3n) is 5.55. The molecule has 5 nitrogen and oxygen atoms in total. The Balaban J connectivity index is 1.27. The van der Waals surface area contributed by atoms with Crippen molar-refractivity contribution in [2.24, 2.45) is 0 Å². The van der Waals surface area contributed by atoms with Crippen LogP contribution < -0.4 is 9.80 Å². The first-order valence-electron chi connectivity index (χ1n) is 10.2. The number of aromatic amines is 1. The van der Waals surface area contributed by atoms with E-state index in [1.807, 2.05) is 18.3 Å². The van der Waals surface area contributed by atoms with Crippen LogP contribution in [0.1, 0.15) is 0 Å². The third kappa shape index (κ3) is 4.24. The van der Waals surface area contributed by atoms with E-state index in [0.29, 0.717) is 10.0 Å².